The van der Waals surface area contributed by atoms with Crippen molar-refractivity contribution in [1.29, 1.82) is 0 Å². The second kappa shape index (κ2) is 6.29. The average molecular weight is 336 g/mol. The zero-order valence-corrected chi connectivity index (χ0v) is 13.3. The lowest BCUT2D eigenvalue weighted by molar-refractivity contribution is -0.124. The number of carbonyl (C=O) groups is 3. The van der Waals surface area contributed by atoms with Gasteiger partial charge in [-0.1, -0.05) is 23.7 Å². The summed E-state index contributed by atoms with van der Waals surface area (Å²) < 4.78 is 0. The third-order valence-electron chi connectivity index (χ3n) is 4.59. The maximum Gasteiger partial charge on any atom is 0.251 e. The van der Waals surface area contributed by atoms with Crippen LogP contribution < -0.4 is 10.6 Å². The summed E-state index contributed by atoms with van der Waals surface area (Å²) >= 11 is 6.11. The average Bonchev–Trinajstić information content (AvgIpc) is 2.83. The summed E-state index contributed by atoms with van der Waals surface area (Å²) in [6.45, 7) is 1.18. The first-order valence-electron chi connectivity index (χ1n) is 7.63. The SMILES string of the molecule is NC(=O)C1CCN([C@H]2CC(=O)N(c3ccccc3Cl)C2=O)CC1. The summed E-state index contributed by atoms with van der Waals surface area (Å²) in [7, 11) is 0. The number of hydrogen-bond donors (Lipinski definition) is 1. The van der Waals surface area contributed by atoms with Gasteiger partial charge in [-0.15, -0.1) is 0 Å². The molecule has 3 rings (SSSR count). The summed E-state index contributed by atoms with van der Waals surface area (Å²) in [5, 5.41) is 0.377. The molecule has 2 saturated heterocycles. The van der Waals surface area contributed by atoms with Gasteiger partial charge in [0.15, 0.2) is 0 Å². The maximum absolute atomic E-state index is 12.7. The highest BCUT2D eigenvalue weighted by molar-refractivity contribution is 6.36. The first kappa shape index (κ1) is 16.0. The third kappa shape index (κ3) is 2.96. The van der Waals surface area contributed by atoms with Crippen molar-refractivity contribution in [2.75, 3.05) is 18.0 Å². The van der Waals surface area contributed by atoms with Gasteiger partial charge >= 0.3 is 0 Å². The van der Waals surface area contributed by atoms with Gasteiger partial charge in [-0.05, 0) is 38.1 Å². The summed E-state index contributed by atoms with van der Waals surface area (Å²) in [6, 6.07) is 6.34. The molecule has 0 radical (unpaired) electrons. The molecule has 2 fully saturated rings. The fourth-order valence-corrected chi connectivity index (χ4v) is 3.50. The van der Waals surface area contributed by atoms with E-state index in [1.165, 1.54) is 4.90 Å². The Morgan fingerprint density at radius 1 is 1.17 bits per heavy atom. The van der Waals surface area contributed by atoms with E-state index in [4.69, 9.17) is 17.3 Å². The van der Waals surface area contributed by atoms with Crippen molar-refractivity contribution in [2.24, 2.45) is 11.7 Å². The Morgan fingerprint density at radius 2 is 1.83 bits per heavy atom. The molecular weight excluding hydrogens is 318 g/mol. The minimum atomic E-state index is -0.479. The smallest absolute Gasteiger partial charge is 0.251 e. The summed E-state index contributed by atoms with van der Waals surface area (Å²) in [4.78, 5) is 39.4. The normalized spacial score (nSPS) is 23.5. The van der Waals surface area contributed by atoms with Crippen molar-refractivity contribution in [3.8, 4) is 0 Å². The van der Waals surface area contributed by atoms with Crippen molar-refractivity contribution in [3.63, 3.8) is 0 Å². The lowest BCUT2D eigenvalue weighted by Crippen LogP contribution is -2.47. The van der Waals surface area contributed by atoms with Crippen molar-refractivity contribution in [2.45, 2.75) is 25.3 Å². The fraction of sp³-hybridized carbons (Fsp3) is 0.438. The number of hydrogen-bond acceptors (Lipinski definition) is 4. The summed E-state index contributed by atoms with van der Waals surface area (Å²) in [5.41, 5.74) is 5.76. The number of piperidine rings is 1. The van der Waals surface area contributed by atoms with Crippen LogP contribution >= 0.6 is 11.6 Å². The van der Waals surface area contributed by atoms with Gasteiger partial charge in [0.05, 0.1) is 23.2 Å². The molecule has 0 bridgehead atoms. The number of para-hydroxylation sites is 1. The number of nitrogens with two attached hydrogens (primary N) is 1. The van der Waals surface area contributed by atoms with Gasteiger partial charge in [0.25, 0.3) is 5.91 Å². The van der Waals surface area contributed by atoms with E-state index >= 15 is 0 Å². The molecule has 0 unspecified atom stereocenters. The molecule has 23 heavy (non-hydrogen) atoms. The maximum atomic E-state index is 12.7. The van der Waals surface area contributed by atoms with E-state index in [2.05, 4.69) is 0 Å². The van der Waals surface area contributed by atoms with Crippen LogP contribution in [0.25, 0.3) is 0 Å². The number of likely N-dealkylation sites (tertiary alicyclic amines) is 1. The van der Waals surface area contributed by atoms with Crippen molar-refractivity contribution in [1.82, 2.24) is 4.90 Å². The monoisotopic (exact) mass is 335 g/mol. The van der Waals surface area contributed by atoms with Gasteiger partial charge < -0.3 is 5.73 Å². The minimum Gasteiger partial charge on any atom is -0.369 e. The van der Waals surface area contributed by atoms with E-state index in [9.17, 15) is 14.4 Å². The van der Waals surface area contributed by atoms with Gasteiger partial charge in [-0.25, -0.2) is 4.90 Å². The molecule has 6 nitrogen and oxygen atoms in total. The van der Waals surface area contributed by atoms with Gasteiger partial charge in [0, 0.05) is 5.92 Å². The van der Waals surface area contributed by atoms with E-state index < -0.39 is 6.04 Å². The van der Waals surface area contributed by atoms with Gasteiger partial charge in [-0.3, -0.25) is 19.3 Å². The van der Waals surface area contributed by atoms with E-state index in [1.807, 2.05) is 4.90 Å². The van der Waals surface area contributed by atoms with E-state index in [0.29, 0.717) is 36.6 Å². The first-order valence-corrected chi connectivity index (χ1v) is 8.01. The quantitative estimate of drug-likeness (QED) is 0.840. The fourth-order valence-electron chi connectivity index (χ4n) is 3.28. The molecule has 0 aliphatic carbocycles. The molecule has 2 heterocycles. The standard InChI is InChI=1S/C16H18ClN3O3/c17-11-3-1-2-4-12(11)20-14(21)9-13(16(20)23)19-7-5-10(6-8-19)15(18)22/h1-4,10,13H,5-9H2,(H2,18,22)/t13-/m0/s1. The minimum absolute atomic E-state index is 0.141. The topological polar surface area (TPSA) is 83.7 Å². The Balaban J connectivity index is 1.75. The Bertz CT molecular complexity index is 656. The number of carbonyl (C=O) groups excluding carboxylic acids is 3. The number of halogens is 1. The Labute approximate surface area is 139 Å². The van der Waals surface area contributed by atoms with Crippen LogP contribution in [-0.2, 0) is 14.4 Å². The molecule has 3 amide bonds. The van der Waals surface area contributed by atoms with Crippen LogP contribution in [0.15, 0.2) is 24.3 Å². The molecule has 2 N–H and O–H groups in total. The van der Waals surface area contributed by atoms with Crippen LogP contribution in [0.5, 0.6) is 0 Å². The highest BCUT2D eigenvalue weighted by atomic mass is 35.5. The van der Waals surface area contributed by atoms with Gasteiger partial charge in [0.2, 0.25) is 11.8 Å². The Morgan fingerprint density at radius 3 is 2.43 bits per heavy atom. The van der Waals surface area contributed by atoms with Crippen molar-refractivity contribution in [3.05, 3.63) is 29.3 Å². The number of primary amides is 1. The zero-order chi connectivity index (χ0) is 16.6. The van der Waals surface area contributed by atoms with Gasteiger partial charge in [0.1, 0.15) is 0 Å². The molecule has 122 valence electrons. The van der Waals surface area contributed by atoms with E-state index in [0.717, 1.165) is 0 Å². The molecule has 1 aromatic carbocycles. The number of benzene rings is 1. The number of anilines is 1. The number of rotatable bonds is 3. The van der Waals surface area contributed by atoms with Gasteiger partial charge in [-0.2, -0.15) is 0 Å². The van der Waals surface area contributed by atoms with Crippen LogP contribution in [0.4, 0.5) is 5.69 Å². The van der Waals surface area contributed by atoms with Crippen LogP contribution in [0.3, 0.4) is 0 Å². The van der Waals surface area contributed by atoms with Crippen molar-refractivity contribution >= 4 is 35.0 Å². The summed E-state index contributed by atoms with van der Waals surface area (Å²) in [6.07, 6.45) is 1.39. The first-order chi connectivity index (χ1) is 11.0. The molecule has 7 heteroatoms. The second-order valence-corrected chi connectivity index (χ2v) is 6.36. The molecule has 2 aliphatic heterocycles. The molecule has 2 aliphatic rings. The molecule has 1 atom stereocenters. The molecule has 1 aromatic rings. The van der Waals surface area contributed by atoms with Crippen LogP contribution in [0.2, 0.25) is 5.02 Å². The predicted molar refractivity (Wildman–Crippen MR) is 85.8 cm³/mol. The highest BCUT2D eigenvalue weighted by Crippen LogP contribution is 2.32. The van der Waals surface area contributed by atoms with E-state index in [1.54, 1.807) is 24.3 Å². The number of imide groups is 1. The number of amides is 3. The van der Waals surface area contributed by atoms with Crippen molar-refractivity contribution < 1.29 is 14.4 Å². The Hall–Kier alpha value is -1.92. The number of nitrogens with zero attached hydrogens (tertiary/aromatic N) is 2. The molecule has 0 saturated carbocycles. The predicted octanol–water partition coefficient (Wildman–Crippen LogP) is 1.17. The lowest BCUT2D eigenvalue weighted by atomic mass is 9.95. The molecule has 0 spiro atoms. The molecular formula is C16H18ClN3O3. The third-order valence-corrected chi connectivity index (χ3v) is 4.91. The van der Waals surface area contributed by atoms with E-state index in [-0.39, 0.29) is 30.1 Å². The lowest BCUT2D eigenvalue weighted by Gasteiger charge is -2.33. The highest BCUT2D eigenvalue weighted by Gasteiger charge is 2.44. The van der Waals surface area contributed by atoms with Crippen LogP contribution in [0, 0.1) is 5.92 Å². The Kier molecular flexibility index (Phi) is 4.37. The zero-order valence-electron chi connectivity index (χ0n) is 12.6. The largest absolute Gasteiger partial charge is 0.369 e. The van der Waals surface area contributed by atoms with Crippen LogP contribution in [-0.4, -0.2) is 41.8 Å². The second-order valence-electron chi connectivity index (χ2n) is 5.95. The summed E-state index contributed by atoms with van der Waals surface area (Å²) in [5.74, 6) is -0.931. The van der Waals surface area contributed by atoms with Crippen LogP contribution in [0.1, 0.15) is 19.3 Å². The molecule has 0 aromatic heterocycles.